The maximum absolute atomic E-state index is 12.5. The minimum atomic E-state index is 0.0461. The molecule has 0 spiro atoms. The molecular formula is C24H26N4OS. The van der Waals surface area contributed by atoms with Gasteiger partial charge in [0.25, 0.3) is 5.56 Å². The number of hydrogen-bond donors (Lipinski definition) is 1. The van der Waals surface area contributed by atoms with Crippen LogP contribution in [-0.4, -0.2) is 32.1 Å². The molecule has 0 radical (unpaired) electrons. The van der Waals surface area contributed by atoms with Gasteiger partial charge in [0.15, 0.2) is 0 Å². The standard InChI is InChI=1S/C24H26N4OS/c1-2-30-19-8-6-17(7-9-19)21-10-3-16(13-25-21)14-28-12-11-22-20(15-28)24(29)27-23(26-22)18-4-5-18/h3,6-10,13,18H,2,4-5,11-12,14-15H2,1H3,(H,26,27,29). The van der Waals surface area contributed by atoms with Crippen molar-refractivity contribution in [1.82, 2.24) is 19.9 Å². The minimum absolute atomic E-state index is 0.0461. The molecule has 1 saturated carbocycles. The molecule has 3 heterocycles. The number of fused-ring (bicyclic) bond motifs is 1. The zero-order chi connectivity index (χ0) is 20.5. The lowest BCUT2D eigenvalue weighted by atomic mass is 10.1. The lowest BCUT2D eigenvalue weighted by Gasteiger charge is -2.27. The maximum atomic E-state index is 12.5. The number of thioether (sulfide) groups is 1. The fraction of sp³-hybridized carbons (Fsp3) is 0.375. The summed E-state index contributed by atoms with van der Waals surface area (Å²) < 4.78 is 0. The molecule has 154 valence electrons. The van der Waals surface area contributed by atoms with Crippen LogP contribution in [0, 0.1) is 0 Å². The van der Waals surface area contributed by atoms with Crippen molar-refractivity contribution < 1.29 is 0 Å². The molecule has 3 aromatic rings. The third-order valence-electron chi connectivity index (χ3n) is 5.82. The van der Waals surface area contributed by atoms with E-state index >= 15 is 0 Å². The third-order valence-corrected chi connectivity index (χ3v) is 6.72. The van der Waals surface area contributed by atoms with Gasteiger partial charge >= 0.3 is 0 Å². The summed E-state index contributed by atoms with van der Waals surface area (Å²) in [4.78, 5) is 28.6. The molecule has 1 aromatic carbocycles. The second-order valence-corrected chi connectivity index (χ2v) is 9.46. The van der Waals surface area contributed by atoms with Gasteiger partial charge in [-0.15, -0.1) is 11.8 Å². The molecule has 0 atom stereocenters. The quantitative estimate of drug-likeness (QED) is 0.602. The molecule has 1 N–H and O–H groups in total. The van der Waals surface area contributed by atoms with Crippen LogP contribution in [-0.2, 0) is 19.5 Å². The fourth-order valence-corrected chi connectivity index (χ4v) is 4.68. The van der Waals surface area contributed by atoms with Crippen LogP contribution in [0.3, 0.4) is 0 Å². The van der Waals surface area contributed by atoms with E-state index in [-0.39, 0.29) is 5.56 Å². The Labute approximate surface area is 181 Å². The average molecular weight is 419 g/mol. The largest absolute Gasteiger partial charge is 0.310 e. The highest BCUT2D eigenvalue weighted by molar-refractivity contribution is 7.99. The number of H-pyrrole nitrogens is 1. The summed E-state index contributed by atoms with van der Waals surface area (Å²) in [7, 11) is 0. The van der Waals surface area contributed by atoms with Gasteiger partial charge in [-0.05, 0) is 42.4 Å². The van der Waals surface area contributed by atoms with Gasteiger partial charge in [-0.1, -0.05) is 25.1 Å². The number of aromatic nitrogens is 3. The number of benzene rings is 1. The third kappa shape index (κ3) is 4.20. The lowest BCUT2D eigenvalue weighted by Crippen LogP contribution is -2.35. The molecule has 0 saturated heterocycles. The monoisotopic (exact) mass is 418 g/mol. The Kier molecular flexibility index (Phi) is 5.44. The number of nitrogens with one attached hydrogen (secondary N) is 1. The van der Waals surface area contributed by atoms with Crippen molar-refractivity contribution in [1.29, 1.82) is 0 Å². The Morgan fingerprint density at radius 2 is 2.00 bits per heavy atom. The predicted molar refractivity (Wildman–Crippen MR) is 121 cm³/mol. The zero-order valence-corrected chi connectivity index (χ0v) is 18.0. The summed E-state index contributed by atoms with van der Waals surface area (Å²) in [5.74, 6) is 2.46. The molecule has 0 amide bonds. The van der Waals surface area contributed by atoms with Gasteiger partial charge in [0.1, 0.15) is 5.82 Å². The van der Waals surface area contributed by atoms with Gasteiger partial charge in [-0.3, -0.25) is 14.7 Å². The van der Waals surface area contributed by atoms with Gasteiger partial charge in [0, 0.05) is 48.6 Å². The van der Waals surface area contributed by atoms with Crippen LogP contribution in [0.2, 0.25) is 0 Å². The van der Waals surface area contributed by atoms with Crippen molar-refractivity contribution >= 4 is 11.8 Å². The first kappa shape index (κ1) is 19.5. The van der Waals surface area contributed by atoms with E-state index < -0.39 is 0 Å². The van der Waals surface area contributed by atoms with Crippen molar-refractivity contribution in [3.63, 3.8) is 0 Å². The first-order valence-electron chi connectivity index (χ1n) is 10.7. The van der Waals surface area contributed by atoms with Crippen LogP contribution in [0.4, 0.5) is 0 Å². The average Bonchev–Trinajstić information content (AvgIpc) is 3.61. The summed E-state index contributed by atoms with van der Waals surface area (Å²) in [5, 5.41) is 0. The van der Waals surface area contributed by atoms with E-state index in [2.05, 4.69) is 58.2 Å². The minimum Gasteiger partial charge on any atom is -0.310 e. The second-order valence-electron chi connectivity index (χ2n) is 8.12. The SMILES string of the molecule is CCSc1ccc(-c2ccc(CN3CCc4nc(C5CC5)[nH]c(=O)c4C3)cn2)cc1. The normalized spacial score (nSPS) is 16.4. The summed E-state index contributed by atoms with van der Waals surface area (Å²) >= 11 is 1.85. The van der Waals surface area contributed by atoms with E-state index in [1.54, 1.807) is 0 Å². The maximum Gasteiger partial charge on any atom is 0.255 e. The Hall–Kier alpha value is -2.44. The van der Waals surface area contributed by atoms with E-state index in [1.165, 1.54) is 10.5 Å². The second kappa shape index (κ2) is 8.36. The zero-order valence-electron chi connectivity index (χ0n) is 17.2. The topological polar surface area (TPSA) is 61.9 Å². The Bertz CT molecular complexity index is 1090. The van der Waals surface area contributed by atoms with Gasteiger partial charge in [-0.25, -0.2) is 4.98 Å². The lowest BCUT2D eigenvalue weighted by molar-refractivity contribution is 0.241. The van der Waals surface area contributed by atoms with E-state index in [4.69, 9.17) is 4.98 Å². The molecule has 2 aliphatic rings. The van der Waals surface area contributed by atoms with Crippen LogP contribution >= 0.6 is 11.8 Å². The number of hydrogen-bond acceptors (Lipinski definition) is 5. The molecule has 1 aliphatic heterocycles. The molecule has 1 fully saturated rings. The van der Waals surface area contributed by atoms with Crippen LogP contribution in [0.1, 0.15) is 48.3 Å². The van der Waals surface area contributed by atoms with E-state index in [0.29, 0.717) is 12.5 Å². The predicted octanol–water partition coefficient (Wildman–Crippen LogP) is 4.38. The van der Waals surface area contributed by atoms with Crippen LogP contribution in [0.25, 0.3) is 11.3 Å². The highest BCUT2D eigenvalue weighted by atomic mass is 32.2. The van der Waals surface area contributed by atoms with Crippen LogP contribution < -0.4 is 5.56 Å². The van der Waals surface area contributed by atoms with Gasteiger partial charge in [0.05, 0.1) is 17.0 Å². The smallest absolute Gasteiger partial charge is 0.255 e. The van der Waals surface area contributed by atoms with E-state index in [9.17, 15) is 4.79 Å². The molecule has 6 heteroatoms. The molecular weight excluding hydrogens is 392 g/mol. The van der Waals surface area contributed by atoms with Gasteiger partial charge < -0.3 is 4.98 Å². The molecule has 0 bridgehead atoms. The number of rotatable bonds is 6. The van der Waals surface area contributed by atoms with E-state index in [1.807, 2.05) is 18.0 Å². The molecule has 5 rings (SSSR count). The fourth-order valence-electron chi connectivity index (χ4n) is 4.02. The van der Waals surface area contributed by atoms with Gasteiger partial charge in [-0.2, -0.15) is 0 Å². The first-order valence-corrected chi connectivity index (χ1v) is 11.7. The summed E-state index contributed by atoms with van der Waals surface area (Å²) in [6.45, 7) is 4.53. The van der Waals surface area contributed by atoms with Crippen molar-refractivity contribution in [2.45, 2.75) is 50.1 Å². The van der Waals surface area contributed by atoms with Crippen LogP contribution in [0.15, 0.2) is 52.3 Å². The Balaban J connectivity index is 1.26. The molecule has 0 unspecified atom stereocenters. The highest BCUT2D eigenvalue weighted by Gasteiger charge is 2.29. The molecule has 30 heavy (non-hydrogen) atoms. The summed E-state index contributed by atoms with van der Waals surface area (Å²) in [6, 6.07) is 12.8. The van der Waals surface area contributed by atoms with E-state index in [0.717, 1.165) is 66.4 Å². The van der Waals surface area contributed by atoms with Crippen molar-refractivity contribution in [3.8, 4) is 11.3 Å². The van der Waals surface area contributed by atoms with Crippen molar-refractivity contribution in [2.24, 2.45) is 0 Å². The van der Waals surface area contributed by atoms with Gasteiger partial charge in [0.2, 0.25) is 0 Å². The summed E-state index contributed by atoms with van der Waals surface area (Å²) in [6.07, 6.45) is 5.10. The number of pyridine rings is 1. The molecule has 2 aromatic heterocycles. The Morgan fingerprint density at radius 1 is 1.17 bits per heavy atom. The highest BCUT2D eigenvalue weighted by Crippen LogP contribution is 2.37. The van der Waals surface area contributed by atoms with Crippen molar-refractivity contribution in [2.75, 3.05) is 12.3 Å². The van der Waals surface area contributed by atoms with Crippen molar-refractivity contribution in [3.05, 3.63) is 75.6 Å². The Morgan fingerprint density at radius 3 is 2.70 bits per heavy atom. The summed E-state index contributed by atoms with van der Waals surface area (Å²) in [5.41, 5.74) is 5.17. The number of nitrogens with zero attached hydrogens (tertiary/aromatic N) is 3. The molecule has 1 aliphatic carbocycles. The molecule has 5 nitrogen and oxygen atoms in total. The first-order chi connectivity index (χ1) is 14.7. The number of aromatic amines is 1. The van der Waals surface area contributed by atoms with Crippen LogP contribution in [0.5, 0.6) is 0 Å².